The van der Waals surface area contributed by atoms with Gasteiger partial charge in [0, 0.05) is 19.4 Å². The van der Waals surface area contributed by atoms with Gasteiger partial charge in [0.15, 0.2) is 0 Å². The van der Waals surface area contributed by atoms with Crippen LogP contribution in [0.25, 0.3) is 0 Å². The molecule has 0 amide bonds. The van der Waals surface area contributed by atoms with E-state index in [1.807, 2.05) is 0 Å². The predicted molar refractivity (Wildman–Crippen MR) is 38.3 cm³/mol. The summed E-state index contributed by atoms with van der Waals surface area (Å²) in [6.07, 6.45) is 0.645. The lowest BCUT2D eigenvalue weighted by atomic mass is 10.0. The van der Waals surface area contributed by atoms with E-state index in [9.17, 15) is 9.59 Å². The van der Waals surface area contributed by atoms with Gasteiger partial charge in [-0.1, -0.05) is 0 Å². The number of ketones is 1. The Kier molecular flexibility index (Phi) is 2.24. The van der Waals surface area contributed by atoms with Crippen LogP contribution >= 0.6 is 0 Å². The van der Waals surface area contributed by atoms with Crippen molar-refractivity contribution in [1.82, 2.24) is 4.90 Å². The van der Waals surface area contributed by atoms with Gasteiger partial charge in [-0.25, -0.2) is 0 Å². The number of hydrogen-bond acceptors (Lipinski definition) is 3. The van der Waals surface area contributed by atoms with Gasteiger partial charge in [0.1, 0.15) is 11.8 Å². The van der Waals surface area contributed by atoms with E-state index in [0.29, 0.717) is 13.0 Å². The largest absolute Gasteiger partial charge is 0.480 e. The van der Waals surface area contributed by atoms with Crippen molar-refractivity contribution in [2.45, 2.75) is 18.9 Å². The van der Waals surface area contributed by atoms with Gasteiger partial charge in [-0.3, -0.25) is 14.5 Å². The molecule has 1 heterocycles. The number of aliphatic carboxylic acids is 1. The minimum atomic E-state index is -0.902. The molecule has 1 aliphatic heterocycles. The number of carbonyl (C=O) groups is 2. The maximum Gasteiger partial charge on any atom is 0.321 e. The molecule has 0 aromatic heterocycles. The van der Waals surface area contributed by atoms with Crippen LogP contribution in [0.4, 0.5) is 0 Å². The predicted octanol–water partition coefficient (Wildman–Crippen LogP) is -0.266. The molecule has 0 aromatic rings. The van der Waals surface area contributed by atoms with Crippen LogP contribution in [0.3, 0.4) is 0 Å². The van der Waals surface area contributed by atoms with Crippen molar-refractivity contribution in [3.8, 4) is 0 Å². The molecule has 0 saturated carbocycles. The Morgan fingerprint density at radius 3 is 2.82 bits per heavy atom. The van der Waals surface area contributed by atoms with Crippen molar-refractivity contribution >= 4 is 11.8 Å². The van der Waals surface area contributed by atoms with E-state index in [1.165, 1.54) is 0 Å². The molecule has 4 heteroatoms. The second-order valence-corrected chi connectivity index (χ2v) is 2.83. The zero-order valence-corrected chi connectivity index (χ0v) is 6.41. The molecule has 1 saturated heterocycles. The van der Waals surface area contributed by atoms with Crippen LogP contribution in [0.1, 0.15) is 12.8 Å². The number of hydrogen-bond donors (Lipinski definition) is 1. The topological polar surface area (TPSA) is 57.6 Å². The highest BCUT2D eigenvalue weighted by atomic mass is 16.4. The second kappa shape index (κ2) is 3.00. The van der Waals surface area contributed by atoms with Crippen LogP contribution in [0.5, 0.6) is 0 Å². The lowest BCUT2D eigenvalue weighted by Gasteiger charge is -2.27. The van der Waals surface area contributed by atoms with E-state index in [4.69, 9.17) is 5.11 Å². The van der Waals surface area contributed by atoms with Crippen LogP contribution in [0.15, 0.2) is 0 Å². The van der Waals surface area contributed by atoms with Gasteiger partial charge in [-0.2, -0.15) is 0 Å². The summed E-state index contributed by atoms with van der Waals surface area (Å²) in [6, 6.07) is -0.601. The van der Waals surface area contributed by atoms with Crippen LogP contribution in [0, 0.1) is 0 Å². The lowest BCUT2D eigenvalue weighted by molar-refractivity contribution is -0.146. The van der Waals surface area contributed by atoms with Gasteiger partial charge >= 0.3 is 5.97 Å². The summed E-state index contributed by atoms with van der Waals surface area (Å²) >= 11 is 0. The molecule has 0 aliphatic carbocycles. The molecule has 1 fully saturated rings. The van der Waals surface area contributed by atoms with E-state index < -0.39 is 12.0 Å². The van der Waals surface area contributed by atoms with Gasteiger partial charge in [0.2, 0.25) is 0 Å². The van der Waals surface area contributed by atoms with Gasteiger partial charge in [0.05, 0.1) is 0 Å². The molecule has 62 valence electrons. The number of carboxylic acid groups (broad SMARTS) is 1. The maximum atomic E-state index is 10.8. The molecular formula is C7H11NO3. The first-order valence-electron chi connectivity index (χ1n) is 3.56. The average molecular weight is 157 g/mol. The van der Waals surface area contributed by atoms with Gasteiger partial charge in [0.25, 0.3) is 0 Å². The second-order valence-electron chi connectivity index (χ2n) is 2.83. The summed E-state index contributed by atoms with van der Waals surface area (Å²) in [4.78, 5) is 23.0. The number of carbonyl (C=O) groups excluding carboxylic acids is 1. The minimum absolute atomic E-state index is 0.0514. The van der Waals surface area contributed by atoms with Crippen molar-refractivity contribution in [2.24, 2.45) is 0 Å². The Bertz CT molecular complexity index is 190. The Morgan fingerprint density at radius 1 is 1.73 bits per heavy atom. The zero-order chi connectivity index (χ0) is 8.43. The Morgan fingerprint density at radius 2 is 2.36 bits per heavy atom. The molecule has 1 aliphatic rings. The number of piperidine rings is 1. The quantitative estimate of drug-likeness (QED) is 0.569. The first kappa shape index (κ1) is 8.20. The van der Waals surface area contributed by atoms with Crippen molar-refractivity contribution in [3.63, 3.8) is 0 Å². The Labute approximate surface area is 64.8 Å². The molecule has 1 rings (SSSR count). The van der Waals surface area contributed by atoms with Crippen molar-refractivity contribution in [3.05, 3.63) is 0 Å². The zero-order valence-electron chi connectivity index (χ0n) is 6.41. The van der Waals surface area contributed by atoms with E-state index in [-0.39, 0.29) is 12.2 Å². The third kappa shape index (κ3) is 1.77. The summed E-state index contributed by atoms with van der Waals surface area (Å²) in [5.74, 6) is -0.851. The third-order valence-electron chi connectivity index (χ3n) is 1.98. The average Bonchev–Trinajstić information content (AvgIpc) is 1.94. The summed E-state index contributed by atoms with van der Waals surface area (Å²) < 4.78 is 0. The number of rotatable bonds is 1. The Hall–Kier alpha value is -0.900. The molecule has 0 aromatic carbocycles. The van der Waals surface area contributed by atoms with Crippen molar-refractivity contribution in [1.29, 1.82) is 0 Å². The van der Waals surface area contributed by atoms with E-state index in [2.05, 4.69) is 0 Å². The standard InChI is InChI=1S/C7H11NO3/c1-8-3-2-5(9)4-6(8)7(10)11/h6H,2-4H2,1H3,(H,10,11). The summed E-state index contributed by atoms with van der Waals surface area (Å²) in [6.45, 7) is 0.565. The molecule has 0 radical (unpaired) electrons. The highest BCUT2D eigenvalue weighted by Gasteiger charge is 2.29. The van der Waals surface area contributed by atoms with Crippen LogP contribution in [-0.2, 0) is 9.59 Å². The fourth-order valence-corrected chi connectivity index (χ4v) is 1.21. The van der Waals surface area contributed by atoms with Crippen LogP contribution in [0.2, 0.25) is 0 Å². The smallest absolute Gasteiger partial charge is 0.321 e. The van der Waals surface area contributed by atoms with Crippen LogP contribution in [-0.4, -0.2) is 41.4 Å². The first-order valence-corrected chi connectivity index (χ1v) is 3.56. The lowest BCUT2D eigenvalue weighted by Crippen LogP contribution is -2.44. The number of carboxylic acids is 1. The molecule has 11 heavy (non-hydrogen) atoms. The summed E-state index contributed by atoms with van der Waals surface area (Å²) in [5.41, 5.74) is 0. The minimum Gasteiger partial charge on any atom is -0.480 e. The summed E-state index contributed by atoms with van der Waals surface area (Å²) in [7, 11) is 1.73. The van der Waals surface area contributed by atoms with Crippen molar-refractivity contribution in [2.75, 3.05) is 13.6 Å². The van der Waals surface area contributed by atoms with E-state index in [0.717, 1.165) is 0 Å². The monoisotopic (exact) mass is 157 g/mol. The van der Waals surface area contributed by atoms with Crippen molar-refractivity contribution < 1.29 is 14.7 Å². The first-order chi connectivity index (χ1) is 5.11. The van der Waals surface area contributed by atoms with E-state index >= 15 is 0 Å². The Balaban J connectivity index is 2.61. The number of Topliss-reactive ketones (excluding diaryl/α,β-unsaturated/α-hetero) is 1. The molecule has 0 spiro atoms. The molecular weight excluding hydrogens is 146 g/mol. The normalized spacial score (nSPS) is 27.0. The van der Waals surface area contributed by atoms with E-state index in [1.54, 1.807) is 11.9 Å². The van der Waals surface area contributed by atoms with Gasteiger partial charge in [-0.15, -0.1) is 0 Å². The molecule has 1 unspecified atom stereocenters. The fourth-order valence-electron chi connectivity index (χ4n) is 1.21. The van der Waals surface area contributed by atoms with Gasteiger partial charge < -0.3 is 5.11 Å². The molecule has 1 N–H and O–H groups in total. The fraction of sp³-hybridized carbons (Fsp3) is 0.714. The highest BCUT2D eigenvalue weighted by Crippen LogP contribution is 2.11. The highest BCUT2D eigenvalue weighted by molar-refractivity contribution is 5.87. The molecule has 1 atom stereocenters. The molecule has 4 nitrogen and oxygen atoms in total. The third-order valence-corrected chi connectivity index (χ3v) is 1.98. The van der Waals surface area contributed by atoms with Gasteiger partial charge in [-0.05, 0) is 7.05 Å². The van der Waals surface area contributed by atoms with Crippen LogP contribution < -0.4 is 0 Å². The number of likely N-dealkylation sites (tertiary alicyclic amines) is 1. The summed E-state index contributed by atoms with van der Waals surface area (Å²) in [5, 5.41) is 8.63. The number of nitrogens with zero attached hydrogens (tertiary/aromatic N) is 1. The number of likely N-dealkylation sites (N-methyl/N-ethyl adjacent to an activating group) is 1. The maximum absolute atomic E-state index is 10.8. The SMILES string of the molecule is CN1CCC(=O)CC1C(=O)O. The molecule has 0 bridgehead atoms.